The molecular weight excluding hydrogens is 652 g/mol. The number of carbonyl (C=O) groups excluding carboxylic acids is 3. The zero-order chi connectivity index (χ0) is 36.1. The molecule has 5 aromatic rings. The predicted molar refractivity (Wildman–Crippen MR) is 192 cm³/mol. The van der Waals surface area contributed by atoms with Gasteiger partial charge in [0.1, 0.15) is 12.6 Å². The zero-order valence-electron chi connectivity index (χ0n) is 28.9. The summed E-state index contributed by atoms with van der Waals surface area (Å²) in [7, 11) is 1.57. The number of fused-ring (bicyclic) bond motifs is 6. The molecule has 0 saturated heterocycles. The number of aliphatic hydroxyl groups is 1. The summed E-state index contributed by atoms with van der Waals surface area (Å²) in [4.78, 5) is 58.5. The Bertz CT molecular complexity index is 2140. The summed E-state index contributed by atoms with van der Waals surface area (Å²) in [6.07, 6.45) is 0.176. The standard InChI is InChI=1S/C38H42N6O7/c1-23-26-9-4-5-11-29(26)38(49)44(42-23)22-35(47)43-17-8-18-51-33-20-25(13-14-32(33)50-3)19-31-28(27-10-6-7-12-30(27)40-31)15-16-39-37(48)36(24(2)45)41-34(46)21-43/h4-7,9-14,20,24,36,40,45H,8,15-19,21-22H2,1-3H3,(H,39,48)(H,41,46)/t24-,36+/m1/s1. The molecule has 3 heterocycles. The van der Waals surface area contributed by atoms with Gasteiger partial charge in [-0.2, -0.15) is 5.10 Å². The van der Waals surface area contributed by atoms with Gasteiger partial charge in [-0.1, -0.05) is 42.5 Å². The molecular formula is C38H42N6O7. The average molecular weight is 695 g/mol. The number of aryl methyl sites for hydroxylation is 1. The Morgan fingerprint density at radius 1 is 1.06 bits per heavy atom. The molecule has 3 amide bonds. The van der Waals surface area contributed by atoms with Gasteiger partial charge in [0.15, 0.2) is 11.5 Å². The topological polar surface area (TPSA) is 168 Å². The van der Waals surface area contributed by atoms with Gasteiger partial charge in [-0.15, -0.1) is 0 Å². The van der Waals surface area contributed by atoms with E-state index in [1.54, 1.807) is 32.2 Å². The van der Waals surface area contributed by atoms with Gasteiger partial charge in [0.25, 0.3) is 5.56 Å². The van der Waals surface area contributed by atoms with E-state index in [1.165, 1.54) is 11.8 Å². The van der Waals surface area contributed by atoms with Gasteiger partial charge in [0.2, 0.25) is 17.7 Å². The number of benzene rings is 3. The molecule has 2 atom stereocenters. The van der Waals surface area contributed by atoms with Gasteiger partial charge < -0.3 is 35.1 Å². The summed E-state index contributed by atoms with van der Waals surface area (Å²) in [5.74, 6) is -0.627. The van der Waals surface area contributed by atoms with Gasteiger partial charge in [-0.05, 0) is 62.1 Å². The quantitative estimate of drug-likeness (QED) is 0.223. The van der Waals surface area contributed by atoms with Crippen molar-refractivity contribution in [3.63, 3.8) is 0 Å². The average Bonchev–Trinajstić information content (AvgIpc) is 3.46. The zero-order valence-corrected chi connectivity index (χ0v) is 28.9. The maximum atomic E-state index is 13.7. The maximum Gasteiger partial charge on any atom is 0.275 e. The molecule has 0 aliphatic carbocycles. The second-order valence-electron chi connectivity index (χ2n) is 12.7. The van der Waals surface area contributed by atoms with Crippen LogP contribution in [0.4, 0.5) is 0 Å². The molecule has 0 radical (unpaired) electrons. The van der Waals surface area contributed by atoms with E-state index in [4.69, 9.17) is 9.47 Å². The van der Waals surface area contributed by atoms with E-state index in [1.807, 2.05) is 48.5 Å². The van der Waals surface area contributed by atoms with Crippen molar-refractivity contribution in [3.05, 3.63) is 99.6 Å². The predicted octanol–water partition coefficient (Wildman–Crippen LogP) is 2.62. The molecule has 0 saturated carbocycles. The number of H-pyrrole nitrogens is 1. The summed E-state index contributed by atoms with van der Waals surface area (Å²) in [6, 6.07) is 19.5. The van der Waals surface area contributed by atoms with Crippen LogP contribution in [0.1, 0.15) is 35.9 Å². The van der Waals surface area contributed by atoms with Crippen molar-refractivity contribution in [2.75, 3.05) is 33.4 Å². The van der Waals surface area contributed by atoms with Gasteiger partial charge >= 0.3 is 0 Å². The number of methoxy groups -OCH3 is 1. The molecule has 0 unspecified atom stereocenters. The van der Waals surface area contributed by atoms with Crippen LogP contribution >= 0.6 is 0 Å². The first-order valence-corrected chi connectivity index (χ1v) is 17.0. The number of hydrogen-bond donors (Lipinski definition) is 4. The Morgan fingerprint density at radius 2 is 1.80 bits per heavy atom. The van der Waals surface area contributed by atoms with Crippen LogP contribution in [0.5, 0.6) is 11.5 Å². The second kappa shape index (κ2) is 15.5. The van der Waals surface area contributed by atoms with E-state index < -0.39 is 48.5 Å². The molecule has 0 fully saturated rings. The fourth-order valence-electron chi connectivity index (χ4n) is 6.53. The lowest BCUT2D eigenvalue weighted by Crippen LogP contribution is -2.55. The normalized spacial score (nSPS) is 16.9. The van der Waals surface area contributed by atoms with Crippen molar-refractivity contribution in [1.82, 2.24) is 30.3 Å². The second-order valence-corrected chi connectivity index (χ2v) is 12.7. The number of aromatic nitrogens is 3. The first-order chi connectivity index (χ1) is 24.6. The molecule has 13 nitrogen and oxygen atoms in total. The number of aromatic amines is 1. The van der Waals surface area contributed by atoms with Gasteiger partial charge in [0.05, 0.1) is 37.4 Å². The highest BCUT2D eigenvalue weighted by Gasteiger charge is 2.28. The number of rotatable bonds is 4. The van der Waals surface area contributed by atoms with E-state index in [0.29, 0.717) is 47.2 Å². The largest absolute Gasteiger partial charge is 0.493 e. The molecule has 51 heavy (non-hydrogen) atoms. The van der Waals surface area contributed by atoms with E-state index in [0.717, 1.165) is 32.4 Å². The van der Waals surface area contributed by atoms with Gasteiger partial charge in [-0.3, -0.25) is 19.2 Å². The number of nitrogens with one attached hydrogen (secondary N) is 3. The molecule has 2 bridgehead atoms. The molecule has 1 aliphatic heterocycles. The molecule has 0 spiro atoms. The number of ether oxygens (including phenoxy) is 2. The Labute approximate surface area is 294 Å². The van der Waals surface area contributed by atoms with E-state index in [-0.39, 0.29) is 19.7 Å². The molecule has 1 aliphatic rings. The fraction of sp³-hybridized carbons (Fsp3) is 0.342. The molecule has 2 aromatic heterocycles. The Morgan fingerprint density at radius 3 is 2.57 bits per heavy atom. The van der Waals surface area contributed by atoms with Crippen molar-refractivity contribution in [3.8, 4) is 11.5 Å². The lowest BCUT2D eigenvalue weighted by molar-refractivity contribution is -0.138. The van der Waals surface area contributed by atoms with Crippen molar-refractivity contribution >= 4 is 39.4 Å². The van der Waals surface area contributed by atoms with E-state index in [9.17, 15) is 24.3 Å². The van der Waals surface area contributed by atoms with Crippen LogP contribution in [0, 0.1) is 6.92 Å². The Balaban J connectivity index is 1.28. The van der Waals surface area contributed by atoms with E-state index in [2.05, 4.69) is 20.7 Å². The van der Waals surface area contributed by atoms with Crippen molar-refractivity contribution in [2.45, 2.75) is 51.8 Å². The number of nitrogens with zero attached hydrogens (tertiary/aromatic N) is 3. The van der Waals surface area contributed by atoms with E-state index >= 15 is 0 Å². The smallest absolute Gasteiger partial charge is 0.275 e. The van der Waals surface area contributed by atoms with Gasteiger partial charge in [0, 0.05) is 41.5 Å². The summed E-state index contributed by atoms with van der Waals surface area (Å²) in [5.41, 5.74) is 4.15. The van der Waals surface area contributed by atoms with Crippen LogP contribution in [0.2, 0.25) is 0 Å². The van der Waals surface area contributed by atoms with Crippen LogP contribution in [-0.2, 0) is 33.8 Å². The minimum atomic E-state index is -1.26. The monoisotopic (exact) mass is 694 g/mol. The summed E-state index contributed by atoms with van der Waals surface area (Å²) in [5, 5.41) is 22.5. The third kappa shape index (κ3) is 7.88. The lowest BCUT2D eigenvalue weighted by atomic mass is 10.0. The number of aliphatic hydroxyl groups excluding tert-OH is 1. The third-order valence-corrected chi connectivity index (χ3v) is 9.12. The third-order valence-electron chi connectivity index (χ3n) is 9.12. The molecule has 3 aromatic carbocycles. The highest BCUT2D eigenvalue weighted by atomic mass is 16.5. The number of carbonyl (C=O) groups is 3. The summed E-state index contributed by atoms with van der Waals surface area (Å²) < 4.78 is 12.8. The summed E-state index contributed by atoms with van der Waals surface area (Å²) >= 11 is 0. The number of hydrogen-bond acceptors (Lipinski definition) is 8. The number of para-hydroxylation sites is 1. The minimum Gasteiger partial charge on any atom is -0.493 e. The van der Waals surface area contributed by atoms with Crippen molar-refractivity contribution in [1.29, 1.82) is 0 Å². The van der Waals surface area contributed by atoms with Crippen molar-refractivity contribution < 1.29 is 29.0 Å². The SMILES string of the molecule is COc1ccc2cc1OCCCN(C(=O)Cn1nc(C)c3ccccc3c1=O)CC(=O)N[C@@H]([C@@H](C)O)C(=O)NCCc1c([nH]c3ccccc13)C2. The first kappa shape index (κ1) is 35.1. The van der Waals surface area contributed by atoms with Gasteiger partial charge in [-0.25, -0.2) is 4.68 Å². The molecule has 6 rings (SSSR count). The van der Waals surface area contributed by atoms with Crippen LogP contribution < -0.4 is 25.7 Å². The lowest BCUT2D eigenvalue weighted by Gasteiger charge is -2.25. The fourth-order valence-corrected chi connectivity index (χ4v) is 6.53. The molecule has 13 heteroatoms. The van der Waals surface area contributed by atoms with Crippen LogP contribution in [0.3, 0.4) is 0 Å². The maximum absolute atomic E-state index is 13.7. The Hall–Kier alpha value is -5.69. The minimum absolute atomic E-state index is 0.0968. The highest BCUT2D eigenvalue weighted by molar-refractivity contribution is 5.91. The molecule has 266 valence electrons. The molecule has 4 N–H and O–H groups in total. The van der Waals surface area contributed by atoms with Crippen molar-refractivity contribution in [2.24, 2.45) is 0 Å². The first-order valence-electron chi connectivity index (χ1n) is 17.0. The Kier molecular flexibility index (Phi) is 10.7. The summed E-state index contributed by atoms with van der Waals surface area (Å²) in [6.45, 7) is 2.89. The van der Waals surface area contributed by atoms with Crippen LogP contribution in [0.15, 0.2) is 71.5 Å². The highest BCUT2D eigenvalue weighted by Crippen LogP contribution is 2.31. The van der Waals surface area contributed by atoms with Crippen LogP contribution in [-0.4, -0.2) is 88.0 Å². The number of amides is 3. The van der Waals surface area contributed by atoms with Crippen LogP contribution in [0.25, 0.3) is 21.7 Å².